The van der Waals surface area contributed by atoms with Gasteiger partial charge in [-0.3, -0.25) is 4.79 Å². The Morgan fingerprint density at radius 1 is 0.913 bits per heavy atom. The van der Waals surface area contributed by atoms with Crippen LogP contribution >= 0.6 is 0 Å². The molecule has 3 N–H and O–H groups in total. The normalized spacial score (nSPS) is 12.3. The van der Waals surface area contributed by atoms with E-state index in [0.717, 1.165) is 5.56 Å². The van der Waals surface area contributed by atoms with Gasteiger partial charge in [-0.15, -0.1) is 0 Å². The number of hydrogen-bond donors (Lipinski definition) is 3. The first-order valence-electron chi connectivity index (χ1n) is 14.7. The van der Waals surface area contributed by atoms with Gasteiger partial charge in [0.1, 0.15) is 17.3 Å². The number of hydrogen-bond acceptors (Lipinski definition) is 7. The van der Waals surface area contributed by atoms with E-state index in [-0.39, 0.29) is 60.8 Å². The molecule has 0 aliphatic rings. The maximum Gasteiger partial charge on any atom is 1.00 e. The number of anilines is 1. The van der Waals surface area contributed by atoms with E-state index in [1.54, 1.807) is 30.3 Å². The number of aliphatic carboxylic acids is 1. The summed E-state index contributed by atoms with van der Waals surface area (Å²) >= 11 is 0. The second kappa shape index (κ2) is 16.8. The van der Waals surface area contributed by atoms with Crippen LogP contribution in [0, 0.1) is 5.82 Å². The second-order valence-electron chi connectivity index (χ2n) is 11.1. The first kappa shape index (κ1) is 36.8. The number of carboxylic acid groups (broad SMARTS) is 1. The summed E-state index contributed by atoms with van der Waals surface area (Å²) in [7, 11) is 3.04. The van der Waals surface area contributed by atoms with Gasteiger partial charge in [0, 0.05) is 54.1 Å². The third kappa shape index (κ3) is 8.98. The SMILES string of the molecule is COc1cc(NC(=O)c2c(-c3ccccc3)c(-c3ccc(F)cc3)n(CC[C@@H](O)C[C@@H](O)CC(=O)[O-])c2C(C)C)cc(OC)c1.[Na+]. The zero-order valence-corrected chi connectivity index (χ0v) is 28.7. The molecule has 238 valence electrons. The molecule has 0 bridgehead atoms. The third-order valence-electron chi connectivity index (χ3n) is 7.50. The first-order chi connectivity index (χ1) is 21.5. The molecule has 2 atom stereocenters. The van der Waals surface area contributed by atoms with Crippen LogP contribution in [0.25, 0.3) is 22.4 Å². The predicted molar refractivity (Wildman–Crippen MR) is 168 cm³/mol. The number of rotatable bonds is 14. The van der Waals surface area contributed by atoms with Crippen LogP contribution in [0.2, 0.25) is 0 Å². The minimum absolute atomic E-state index is 0. The summed E-state index contributed by atoms with van der Waals surface area (Å²) < 4.78 is 26.8. The molecular formula is C35H38FN2NaO7. The molecule has 3 aromatic carbocycles. The van der Waals surface area contributed by atoms with Gasteiger partial charge in [-0.05, 0) is 54.2 Å². The fraction of sp³-hybridized carbons (Fsp3) is 0.314. The van der Waals surface area contributed by atoms with E-state index in [9.17, 15) is 29.3 Å². The molecule has 0 saturated carbocycles. The van der Waals surface area contributed by atoms with Gasteiger partial charge in [-0.25, -0.2) is 4.39 Å². The number of ether oxygens (including phenoxy) is 2. The average molecular weight is 641 g/mol. The Morgan fingerprint density at radius 3 is 2.07 bits per heavy atom. The van der Waals surface area contributed by atoms with Crippen LogP contribution in [0.15, 0.2) is 72.8 Å². The zero-order valence-electron chi connectivity index (χ0n) is 26.7. The number of aliphatic hydroxyl groups is 2. The van der Waals surface area contributed by atoms with E-state index >= 15 is 0 Å². The number of nitrogens with one attached hydrogen (secondary N) is 1. The summed E-state index contributed by atoms with van der Waals surface area (Å²) in [5, 5.41) is 34.8. The number of carbonyl (C=O) groups excluding carboxylic acids is 2. The van der Waals surface area contributed by atoms with Gasteiger partial charge in [-0.2, -0.15) is 0 Å². The van der Waals surface area contributed by atoms with Crippen molar-refractivity contribution < 1.29 is 68.3 Å². The molecule has 0 aliphatic heterocycles. The molecule has 1 heterocycles. The number of carbonyl (C=O) groups is 2. The summed E-state index contributed by atoms with van der Waals surface area (Å²) in [5.41, 5.74) is 4.25. The second-order valence-corrected chi connectivity index (χ2v) is 11.1. The van der Waals surface area contributed by atoms with E-state index < -0.39 is 30.4 Å². The smallest absolute Gasteiger partial charge is 0.550 e. The predicted octanol–water partition coefficient (Wildman–Crippen LogP) is 2.00. The first-order valence-corrected chi connectivity index (χ1v) is 14.7. The van der Waals surface area contributed by atoms with Gasteiger partial charge in [-0.1, -0.05) is 44.2 Å². The molecular weight excluding hydrogens is 602 g/mol. The Balaban J connectivity index is 0.00000576. The number of benzene rings is 3. The number of methoxy groups -OCH3 is 2. The van der Waals surface area contributed by atoms with Gasteiger partial charge in [0.2, 0.25) is 0 Å². The van der Waals surface area contributed by atoms with Gasteiger partial charge in [0.15, 0.2) is 0 Å². The van der Waals surface area contributed by atoms with Crippen molar-refractivity contribution in [2.45, 2.75) is 57.8 Å². The fourth-order valence-electron chi connectivity index (χ4n) is 5.55. The van der Waals surface area contributed by atoms with Gasteiger partial charge in [0.25, 0.3) is 5.91 Å². The number of amides is 1. The van der Waals surface area contributed by atoms with E-state index in [1.807, 2.05) is 48.7 Å². The van der Waals surface area contributed by atoms with Crippen LogP contribution in [0.5, 0.6) is 11.5 Å². The van der Waals surface area contributed by atoms with Crippen molar-refractivity contribution in [2.24, 2.45) is 0 Å². The Bertz CT molecular complexity index is 1600. The molecule has 4 rings (SSSR count). The molecule has 0 radical (unpaired) electrons. The van der Waals surface area contributed by atoms with Crippen LogP contribution in [-0.2, 0) is 11.3 Å². The molecule has 0 aliphatic carbocycles. The summed E-state index contributed by atoms with van der Waals surface area (Å²) in [6.07, 6.45) is -2.90. The number of halogens is 1. The van der Waals surface area contributed by atoms with E-state index in [4.69, 9.17) is 9.47 Å². The van der Waals surface area contributed by atoms with Crippen molar-refractivity contribution in [1.29, 1.82) is 0 Å². The van der Waals surface area contributed by atoms with Crippen molar-refractivity contribution in [3.05, 3.63) is 89.9 Å². The fourth-order valence-corrected chi connectivity index (χ4v) is 5.55. The molecule has 11 heteroatoms. The van der Waals surface area contributed by atoms with Gasteiger partial charge in [0.05, 0.1) is 37.7 Å². The summed E-state index contributed by atoms with van der Waals surface area (Å²) in [6.45, 7) is 4.14. The molecule has 0 unspecified atom stereocenters. The topological polar surface area (TPSA) is 133 Å². The summed E-state index contributed by atoms with van der Waals surface area (Å²) in [4.78, 5) is 25.3. The number of aliphatic hydroxyl groups excluding tert-OH is 2. The van der Waals surface area contributed by atoms with E-state index in [1.165, 1.54) is 26.4 Å². The maximum absolute atomic E-state index is 14.4. The van der Waals surface area contributed by atoms with Crippen LogP contribution in [0.1, 0.15) is 55.1 Å². The minimum atomic E-state index is -1.40. The quantitative estimate of drug-likeness (QED) is 0.180. The molecule has 0 fully saturated rings. The Labute approximate surface area is 290 Å². The molecule has 9 nitrogen and oxygen atoms in total. The van der Waals surface area contributed by atoms with Crippen LogP contribution in [-0.4, -0.2) is 53.1 Å². The number of aromatic nitrogens is 1. The third-order valence-corrected chi connectivity index (χ3v) is 7.50. The molecule has 4 aromatic rings. The van der Waals surface area contributed by atoms with Crippen LogP contribution in [0.3, 0.4) is 0 Å². The maximum atomic E-state index is 14.4. The Hall–Kier alpha value is -3.67. The largest absolute Gasteiger partial charge is 1.00 e. The molecule has 46 heavy (non-hydrogen) atoms. The standard InChI is InChI=1S/C35H39FN2O7.Na/c1-21(2)33-32(35(43)37-25-16-28(44-3)20-29(17-25)45-4)31(22-8-6-5-7-9-22)34(23-10-12-24(36)13-11-23)38(33)15-14-26(39)18-27(40)19-30(41)42;/h5-13,16-17,20-21,26-27,39-40H,14-15,18-19H2,1-4H3,(H,37,43)(H,41,42);/q;+1/p-1/t26-,27-;/m1./s1. The van der Waals surface area contributed by atoms with Crippen molar-refractivity contribution in [2.75, 3.05) is 19.5 Å². The van der Waals surface area contributed by atoms with Crippen molar-refractivity contribution in [1.82, 2.24) is 4.57 Å². The summed E-state index contributed by atoms with van der Waals surface area (Å²) in [5.74, 6) is -1.39. The average Bonchev–Trinajstić information content (AvgIpc) is 3.35. The molecule has 1 aromatic heterocycles. The van der Waals surface area contributed by atoms with Crippen LogP contribution in [0.4, 0.5) is 10.1 Å². The van der Waals surface area contributed by atoms with Crippen molar-refractivity contribution >= 4 is 17.6 Å². The minimum Gasteiger partial charge on any atom is -0.550 e. The molecule has 1 amide bonds. The Morgan fingerprint density at radius 2 is 1.52 bits per heavy atom. The number of nitrogens with zero attached hydrogens (tertiary/aromatic N) is 1. The zero-order chi connectivity index (χ0) is 32.7. The van der Waals surface area contributed by atoms with Crippen molar-refractivity contribution in [3.8, 4) is 33.9 Å². The van der Waals surface area contributed by atoms with Crippen molar-refractivity contribution in [3.63, 3.8) is 0 Å². The van der Waals surface area contributed by atoms with Crippen LogP contribution < -0.4 is 49.5 Å². The molecule has 0 spiro atoms. The number of carboxylic acids is 1. The Kier molecular flexibility index (Phi) is 13.4. The monoisotopic (exact) mass is 640 g/mol. The van der Waals surface area contributed by atoms with Gasteiger partial charge >= 0.3 is 29.6 Å². The molecule has 0 saturated heterocycles. The van der Waals surface area contributed by atoms with E-state index in [0.29, 0.717) is 45.3 Å². The summed E-state index contributed by atoms with van der Waals surface area (Å²) in [6, 6.07) is 20.5. The van der Waals surface area contributed by atoms with E-state index in [2.05, 4.69) is 5.32 Å². The van der Waals surface area contributed by atoms with Gasteiger partial charge < -0.3 is 39.5 Å².